The molecule has 7 nitrogen and oxygen atoms in total. The number of carbonyl (C=O) groups excluding carboxylic acids is 2. The second-order valence-corrected chi connectivity index (χ2v) is 8.97. The van der Waals surface area contributed by atoms with E-state index in [0.717, 1.165) is 18.8 Å². The molecule has 0 bridgehead atoms. The number of benzene rings is 2. The highest BCUT2D eigenvalue weighted by molar-refractivity contribution is 7.99. The first-order valence-corrected chi connectivity index (χ1v) is 11.8. The van der Waals surface area contributed by atoms with Gasteiger partial charge in [0.05, 0.1) is 5.75 Å². The minimum absolute atomic E-state index is 0.101. The first kappa shape index (κ1) is 22.4. The second-order valence-electron chi connectivity index (χ2n) is 7.59. The van der Waals surface area contributed by atoms with E-state index in [9.17, 15) is 9.59 Å². The van der Waals surface area contributed by atoms with Gasteiger partial charge in [-0.1, -0.05) is 47.6 Å². The summed E-state index contributed by atoms with van der Waals surface area (Å²) in [6.45, 7) is 1.84. The number of rotatable bonds is 7. The van der Waals surface area contributed by atoms with Crippen LogP contribution in [-0.4, -0.2) is 50.3 Å². The maximum atomic E-state index is 12.7. The second kappa shape index (κ2) is 10.2. The van der Waals surface area contributed by atoms with Crippen LogP contribution in [0.1, 0.15) is 27.3 Å². The molecule has 0 saturated carbocycles. The summed E-state index contributed by atoms with van der Waals surface area (Å²) in [6.07, 6.45) is 1.43. The average Bonchev–Trinajstić information content (AvgIpc) is 3.16. The number of amides is 2. The van der Waals surface area contributed by atoms with Gasteiger partial charge in [-0.05, 0) is 41.8 Å². The summed E-state index contributed by atoms with van der Waals surface area (Å²) >= 11 is 7.24. The zero-order chi connectivity index (χ0) is 22.5. The molecule has 2 heterocycles. The van der Waals surface area contributed by atoms with Gasteiger partial charge in [0, 0.05) is 43.7 Å². The van der Waals surface area contributed by atoms with Crippen molar-refractivity contribution in [3.63, 3.8) is 0 Å². The average molecular weight is 470 g/mol. The van der Waals surface area contributed by atoms with Crippen molar-refractivity contribution < 1.29 is 9.59 Å². The first-order chi connectivity index (χ1) is 15.5. The van der Waals surface area contributed by atoms with Crippen LogP contribution in [0.25, 0.3) is 0 Å². The molecule has 2 aromatic carbocycles. The van der Waals surface area contributed by atoms with Gasteiger partial charge in [-0.15, -0.1) is 10.2 Å². The van der Waals surface area contributed by atoms with E-state index >= 15 is 0 Å². The summed E-state index contributed by atoms with van der Waals surface area (Å²) in [5, 5.41) is 12.6. The van der Waals surface area contributed by atoms with Crippen molar-refractivity contribution in [2.45, 2.75) is 24.5 Å². The van der Waals surface area contributed by atoms with E-state index in [2.05, 4.69) is 27.6 Å². The van der Waals surface area contributed by atoms with Crippen molar-refractivity contribution in [3.05, 3.63) is 76.1 Å². The van der Waals surface area contributed by atoms with Gasteiger partial charge in [-0.25, -0.2) is 0 Å². The quantitative estimate of drug-likeness (QED) is 0.538. The van der Waals surface area contributed by atoms with E-state index in [-0.39, 0.29) is 11.8 Å². The summed E-state index contributed by atoms with van der Waals surface area (Å²) in [6, 6.07) is 15.0. The Balaban J connectivity index is 1.25. The molecule has 0 aliphatic carbocycles. The van der Waals surface area contributed by atoms with E-state index in [0.29, 0.717) is 41.0 Å². The molecule has 1 aliphatic rings. The lowest BCUT2D eigenvalue weighted by Crippen LogP contribution is -2.37. The lowest BCUT2D eigenvalue weighted by atomic mass is 10.00. The van der Waals surface area contributed by atoms with Gasteiger partial charge >= 0.3 is 0 Å². The van der Waals surface area contributed by atoms with Crippen molar-refractivity contribution >= 4 is 35.2 Å². The highest BCUT2D eigenvalue weighted by Gasteiger charge is 2.21. The van der Waals surface area contributed by atoms with Crippen molar-refractivity contribution in [2.75, 3.05) is 18.8 Å². The topological polar surface area (TPSA) is 80.1 Å². The highest BCUT2D eigenvalue weighted by atomic mass is 35.5. The van der Waals surface area contributed by atoms with Gasteiger partial charge in [0.1, 0.15) is 5.82 Å². The van der Waals surface area contributed by atoms with Crippen LogP contribution in [0.3, 0.4) is 0 Å². The van der Waals surface area contributed by atoms with Crippen LogP contribution >= 0.6 is 23.4 Å². The molecule has 3 aromatic rings. The number of hydrogen-bond donors (Lipinski definition) is 1. The van der Waals surface area contributed by atoms with Crippen LogP contribution in [0, 0.1) is 0 Å². The Morgan fingerprint density at radius 1 is 1.09 bits per heavy atom. The third-order valence-electron chi connectivity index (χ3n) is 5.47. The van der Waals surface area contributed by atoms with E-state index in [1.54, 1.807) is 24.3 Å². The molecule has 1 N–H and O–H groups in total. The van der Waals surface area contributed by atoms with E-state index in [1.165, 1.54) is 22.9 Å². The summed E-state index contributed by atoms with van der Waals surface area (Å²) in [4.78, 5) is 26.8. The maximum Gasteiger partial charge on any atom is 0.251 e. The van der Waals surface area contributed by atoms with Crippen LogP contribution in [0.15, 0.2) is 53.7 Å². The Labute approximate surface area is 196 Å². The Kier molecular flexibility index (Phi) is 7.12. The fourth-order valence-corrected chi connectivity index (χ4v) is 4.56. The lowest BCUT2D eigenvalue weighted by Gasteiger charge is -2.28. The van der Waals surface area contributed by atoms with E-state index in [1.807, 2.05) is 28.6 Å². The monoisotopic (exact) mass is 469 g/mol. The third-order valence-corrected chi connectivity index (χ3v) is 6.73. The predicted molar refractivity (Wildman–Crippen MR) is 125 cm³/mol. The molecule has 0 atom stereocenters. The number of fused-ring (bicyclic) bond motifs is 1. The molecule has 0 unspecified atom stereocenters. The molecule has 4 rings (SSSR count). The van der Waals surface area contributed by atoms with E-state index in [4.69, 9.17) is 11.6 Å². The lowest BCUT2D eigenvalue weighted by molar-refractivity contribution is -0.129. The minimum Gasteiger partial charge on any atom is -0.352 e. The smallest absolute Gasteiger partial charge is 0.251 e. The summed E-state index contributed by atoms with van der Waals surface area (Å²) in [5.41, 5.74) is 3.10. The fourth-order valence-electron chi connectivity index (χ4n) is 3.61. The number of nitrogens with zero attached hydrogens (tertiary/aromatic N) is 4. The zero-order valence-corrected chi connectivity index (χ0v) is 19.3. The molecule has 9 heteroatoms. The van der Waals surface area contributed by atoms with Crippen molar-refractivity contribution in [1.82, 2.24) is 25.0 Å². The number of halogens is 1. The summed E-state index contributed by atoms with van der Waals surface area (Å²) in [7, 11) is 1.88. The Bertz CT molecular complexity index is 1120. The standard InChI is InChI=1S/C23H24ClN5O2S/c1-28-20(10-12-25-22(31)17-6-8-19(24)9-7-17)26-27-23(28)32-15-21(30)29-13-11-16-4-2-3-5-18(16)14-29/h2-9H,10-15H2,1H3,(H,25,31). The van der Waals surface area contributed by atoms with Gasteiger partial charge < -0.3 is 14.8 Å². The fraction of sp³-hybridized carbons (Fsp3) is 0.304. The molecule has 166 valence electrons. The van der Waals surface area contributed by atoms with Gasteiger partial charge in [0.2, 0.25) is 5.91 Å². The molecule has 0 saturated heterocycles. The molecule has 0 fully saturated rings. The van der Waals surface area contributed by atoms with Gasteiger partial charge in [-0.3, -0.25) is 9.59 Å². The number of thioether (sulfide) groups is 1. The highest BCUT2D eigenvalue weighted by Crippen LogP contribution is 2.21. The van der Waals surface area contributed by atoms with Crippen LogP contribution < -0.4 is 5.32 Å². The number of hydrogen-bond acceptors (Lipinski definition) is 5. The molecule has 1 aliphatic heterocycles. The van der Waals surface area contributed by atoms with Crippen molar-refractivity contribution in [3.8, 4) is 0 Å². The van der Waals surface area contributed by atoms with Crippen LogP contribution in [0.2, 0.25) is 5.02 Å². The summed E-state index contributed by atoms with van der Waals surface area (Å²) in [5.74, 6) is 1.02. The molecule has 0 radical (unpaired) electrons. The molecule has 32 heavy (non-hydrogen) atoms. The minimum atomic E-state index is -0.160. The van der Waals surface area contributed by atoms with E-state index < -0.39 is 0 Å². The number of aromatic nitrogens is 3. The third kappa shape index (κ3) is 5.31. The van der Waals surface area contributed by atoms with Gasteiger partial charge in [0.15, 0.2) is 5.16 Å². The van der Waals surface area contributed by atoms with Gasteiger partial charge in [0.25, 0.3) is 5.91 Å². The predicted octanol–water partition coefficient (Wildman–Crippen LogP) is 3.12. The van der Waals surface area contributed by atoms with Crippen LogP contribution in [-0.2, 0) is 31.2 Å². The maximum absolute atomic E-state index is 12.7. The SMILES string of the molecule is Cn1c(CCNC(=O)c2ccc(Cl)cc2)nnc1SCC(=O)N1CCc2ccccc2C1. The van der Waals surface area contributed by atoms with Crippen molar-refractivity contribution in [1.29, 1.82) is 0 Å². The summed E-state index contributed by atoms with van der Waals surface area (Å²) < 4.78 is 1.87. The van der Waals surface area contributed by atoms with Crippen LogP contribution in [0.4, 0.5) is 0 Å². The molecular weight excluding hydrogens is 446 g/mol. The first-order valence-electron chi connectivity index (χ1n) is 10.4. The molecule has 0 spiro atoms. The molecule has 2 amide bonds. The Morgan fingerprint density at radius 2 is 1.84 bits per heavy atom. The molecular formula is C23H24ClN5O2S. The number of nitrogens with one attached hydrogen (secondary N) is 1. The van der Waals surface area contributed by atoms with Crippen molar-refractivity contribution in [2.24, 2.45) is 7.05 Å². The zero-order valence-electron chi connectivity index (χ0n) is 17.8. The largest absolute Gasteiger partial charge is 0.352 e. The molecule has 1 aromatic heterocycles. The Hall–Kier alpha value is -2.84. The van der Waals surface area contributed by atoms with Gasteiger partial charge in [-0.2, -0.15) is 0 Å². The normalized spacial score (nSPS) is 13.0. The number of carbonyl (C=O) groups is 2. The Morgan fingerprint density at radius 3 is 2.62 bits per heavy atom. The van der Waals surface area contributed by atoms with Crippen LogP contribution in [0.5, 0.6) is 0 Å².